The summed E-state index contributed by atoms with van der Waals surface area (Å²) in [4.78, 5) is 14.6. The van der Waals surface area contributed by atoms with Crippen LogP contribution in [0.4, 0.5) is 4.79 Å². The molecule has 3 aliphatic rings. The fraction of sp³-hybridized carbons (Fsp3) is 0.810. The molecule has 0 unspecified atom stereocenters. The van der Waals surface area contributed by atoms with E-state index < -0.39 is 12.7 Å². The van der Waals surface area contributed by atoms with Crippen LogP contribution in [0.5, 0.6) is 0 Å². The molecule has 1 aromatic heterocycles. The fourth-order valence-corrected chi connectivity index (χ4v) is 4.37. The molecule has 0 N–H and O–H groups in total. The first-order valence-corrected chi connectivity index (χ1v) is 10.8. The lowest BCUT2D eigenvalue weighted by atomic mass is 9.82. The SMILES string of the molecule is CC(C)(C)OC(=O)N1[C@@H]2COC[C@H]1C[C@@H](n1cc(B3OC(C)(C)C(C)(C)O3)cn1)C2. The van der Waals surface area contributed by atoms with Crippen LogP contribution in [0.25, 0.3) is 0 Å². The summed E-state index contributed by atoms with van der Waals surface area (Å²) in [5, 5.41) is 4.62. The molecule has 0 radical (unpaired) electrons. The van der Waals surface area contributed by atoms with Gasteiger partial charge in [0.15, 0.2) is 0 Å². The summed E-state index contributed by atoms with van der Waals surface area (Å²) in [5.74, 6) is 0. The maximum absolute atomic E-state index is 12.8. The van der Waals surface area contributed by atoms with E-state index in [0.29, 0.717) is 13.2 Å². The molecule has 1 aromatic rings. The molecule has 0 spiro atoms. The molecular formula is C21H34BN3O5. The van der Waals surface area contributed by atoms with Crippen molar-refractivity contribution in [1.82, 2.24) is 14.7 Å². The number of aromatic nitrogens is 2. The number of ether oxygens (including phenoxy) is 2. The molecule has 3 atom stereocenters. The van der Waals surface area contributed by atoms with E-state index in [1.807, 2.05) is 70.4 Å². The predicted octanol–water partition coefficient (Wildman–Crippen LogP) is 2.52. The Morgan fingerprint density at radius 3 is 2.20 bits per heavy atom. The van der Waals surface area contributed by atoms with Crippen molar-refractivity contribution >= 4 is 18.7 Å². The van der Waals surface area contributed by atoms with Crippen LogP contribution in [0.15, 0.2) is 12.4 Å². The number of morpholine rings is 1. The van der Waals surface area contributed by atoms with Crippen molar-refractivity contribution in [2.45, 2.75) is 96.2 Å². The van der Waals surface area contributed by atoms with Crippen LogP contribution in [0.2, 0.25) is 0 Å². The number of carbonyl (C=O) groups excluding carboxylic acids is 1. The highest BCUT2D eigenvalue weighted by Gasteiger charge is 2.52. The Bertz CT molecular complexity index is 773. The Morgan fingerprint density at radius 1 is 1.10 bits per heavy atom. The van der Waals surface area contributed by atoms with Gasteiger partial charge < -0.3 is 18.8 Å². The fourth-order valence-electron chi connectivity index (χ4n) is 4.37. The number of nitrogens with zero attached hydrogens (tertiary/aromatic N) is 3. The number of hydrogen-bond acceptors (Lipinski definition) is 6. The van der Waals surface area contributed by atoms with Crippen molar-refractivity contribution < 1.29 is 23.6 Å². The highest BCUT2D eigenvalue weighted by Crippen LogP contribution is 2.37. The molecule has 8 nitrogen and oxygen atoms in total. The van der Waals surface area contributed by atoms with Crippen LogP contribution < -0.4 is 5.46 Å². The van der Waals surface area contributed by atoms with Gasteiger partial charge >= 0.3 is 13.2 Å². The third-order valence-corrected chi connectivity index (χ3v) is 6.62. The van der Waals surface area contributed by atoms with Crippen LogP contribution in [0, 0.1) is 0 Å². The Hall–Kier alpha value is -1.58. The second-order valence-corrected chi connectivity index (χ2v) is 10.7. The molecule has 0 saturated carbocycles. The summed E-state index contributed by atoms with van der Waals surface area (Å²) in [6.07, 6.45) is 5.15. The molecule has 3 saturated heterocycles. The van der Waals surface area contributed by atoms with Gasteiger partial charge in [-0.3, -0.25) is 9.58 Å². The molecule has 30 heavy (non-hydrogen) atoms. The number of amides is 1. The van der Waals surface area contributed by atoms with Crippen LogP contribution in [-0.4, -0.2) is 70.0 Å². The van der Waals surface area contributed by atoms with E-state index >= 15 is 0 Å². The molecule has 3 fully saturated rings. The molecule has 0 aromatic carbocycles. The second kappa shape index (κ2) is 7.24. The molecule has 0 aliphatic carbocycles. The number of hydrogen-bond donors (Lipinski definition) is 0. The van der Waals surface area contributed by atoms with Gasteiger partial charge in [0.1, 0.15) is 5.60 Å². The first kappa shape index (κ1) is 21.6. The first-order valence-electron chi connectivity index (χ1n) is 10.8. The Morgan fingerprint density at radius 2 is 1.67 bits per heavy atom. The van der Waals surface area contributed by atoms with Crippen LogP contribution in [0.3, 0.4) is 0 Å². The van der Waals surface area contributed by atoms with Gasteiger partial charge in [-0.05, 0) is 61.3 Å². The van der Waals surface area contributed by atoms with Crippen LogP contribution in [-0.2, 0) is 18.8 Å². The van der Waals surface area contributed by atoms with Crippen molar-refractivity contribution in [1.29, 1.82) is 0 Å². The minimum Gasteiger partial charge on any atom is -0.444 e. The zero-order valence-electron chi connectivity index (χ0n) is 19.2. The Labute approximate surface area is 179 Å². The van der Waals surface area contributed by atoms with E-state index in [2.05, 4.69) is 5.10 Å². The highest BCUT2D eigenvalue weighted by atomic mass is 16.7. The van der Waals surface area contributed by atoms with Gasteiger partial charge in [-0.15, -0.1) is 0 Å². The maximum Gasteiger partial charge on any atom is 0.498 e. The standard InChI is InChI=1S/C21H34BN3O5/c1-19(2,3)28-18(26)25-16-8-15(9-17(25)13-27-12-16)24-11-14(10-23-24)22-29-20(4,5)21(6,7)30-22/h10-11,15-17H,8-9,12-13H2,1-7H3/t15-,16-,17+. The average molecular weight is 419 g/mol. The van der Waals surface area contributed by atoms with Crippen molar-refractivity contribution in [3.8, 4) is 0 Å². The molecule has 4 rings (SSSR count). The van der Waals surface area contributed by atoms with E-state index in [0.717, 1.165) is 18.3 Å². The minimum absolute atomic E-state index is 0.0122. The van der Waals surface area contributed by atoms with E-state index in [1.165, 1.54) is 0 Å². The lowest BCUT2D eigenvalue weighted by Crippen LogP contribution is -2.60. The number of fused-ring (bicyclic) bond motifs is 2. The van der Waals surface area contributed by atoms with Crippen molar-refractivity contribution in [3.63, 3.8) is 0 Å². The first-order chi connectivity index (χ1) is 13.9. The van der Waals surface area contributed by atoms with Crippen molar-refractivity contribution in [2.24, 2.45) is 0 Å². The lowest BCUT2D eigenvalue weighted by Gasteiger charge is -2.48. The molecule has 1 amide bonds. The quantitative estimate of drug-likeness (QED) is 0.686. The summed E-state index contributed by atoms with van der Waals surface area (Å²) in [6.45, 7) is 14.9. The molecule has 2 bridgehead atoms. The van der Waals surface area contributed by atoms with E-state index in [-0.39, 0.29) is 35.4 Å². The Kier molecular flexibility index (Phi) is 5.23. The predicted molar refractivity (Wildman–Crippen MR) is 113 cm³/mol. The smallest absolute Gasteiger partial charge is 0.444 e. The maximum atomic E-state index is 12.8. The number of rotatable bonds is 2. The zero-order valence-corrected chi connectivity index (χ0v) is 19.2. The van der Waals surface area contributed by atoms with Gasteiger partial charge in [-0.1, -0.05) is 0 Å². The van der Waals surface area contributed by atoms with Gasteiger partial charge in [0, 0.05) is 17.9 Å². The van der Waals surface area contributed by atoms with Crippen LogP contribution >= 0.6 is 0 Å². The monoisotopic (exact) mass is 419 g/mol. The van der Waals surface area contributed by atoms with E-state index in [1.54, 1.807) is 0 Å². The van der Waals surface area contributed by atoms with Crippen molar-refractivity contribution in [2.75, 3.05) is 13.2 Å². The summed E-state index contributed by atoms with van der Waals surface area (Å²) >= 11 is 0. The molecule has 9 heteroatoms. The van der Waals surface area contributed by atoms with Gasteiger partial charge in [0.25, 0.3) is 0 Å². The summed E-state index contributed by atoms with van der Waals surface area (Å²) in [5.41, 5.74) is -0.354. The minimum atomic E-state index is -0.511. The summed E-state index contributed by atoms with van der Waals surface area (Å²) < 4.78 is 25.7. The molecular weight excluding hydrogens is 385 g/mol. The van der Waals surface area contributed by atoms with E-state index in [9.17, 15) is 4.79 Å². The topological polar surface area (TPSA) is 75.0 Å². The van der Waals surface area contributed by atoms with Gasteiger partial charge in [0.05, 0.1) is 42.5 Å². The molecule has 4 heterocycles. The second-order valence-electron chi connectivity index (χ2n) is 10.7. The lowest BCUT2D eigenvalue weighted by molar-refractivity contribution is -0.0886. The summed E-state index contributed by atoms with van der Waals surface area (Å²) in [6, 6.07) is 0.169. The van der Waals surface area contributed by atoms with Crippen molar-refractivity contribution in [3.05, 3.63) is 12.4 Å². The van der Waals surface area contributed by atoms with Gasteiger partial charge in [-0.25, -0.2) is 4.79 Å². The Balaban J connectivity index is 1.47. The zero-order chi connectivity index (χ0) is 21.9. The summed E-state index contributed by atoms with van der Waals surface area (Å²) in [7, 11) is -0.423. The molecule has 166 valence electrons. The van der Waals surface area contributed by atoms with Gasteiger partial charge in [-0.2, -0.15) is 5.10 Å². The third kappa shape index (κ3) is 3.99. The normalized spacial score (nSPS) is 30.4. The largest absolute Gasteiger partial charge is 0.498 e. The number of carbonyl (C=O) groups is 1. The average Bonchev–Trinajstić information content (AvgIpc) is 3.15. The number of piperidine rings is 1. The van der Waals surface area contributed by atoms with Gasteiger partial charge in [0.2, 0.25) is 0 Å². The van der Waals surface area contributed by atoms with Crippen LogP contribution in [0.1, 0.15) is 67.3 Å². The van der Waals surface area contributed by atoms with E-state index in [4.69, 9.17) is 18.8 Å². The third-order valence-electron chi connectivity index (χ3n) is 6.62. The highest BCUT2D eigenvalue weighted by molar-refractivity contribution is 6.62. The molecule has 3 aliphatic heterocycles.